The summed E-state index contributed by atoms with van der Waals surface area (Å²) in [6, 6.07) is 54.0. The van der Waals surface area contributed by atoms with Gasteiger partial charge >= 0.3 is 53.5 Å². The zero-order chi connectivity index (χ0) is 65.2. The van der Waals surface area contributed by atoms with E-state index in [4.69, 9.17) is 21.3 Å². The van der Waals surface area contributed by atoms with Crippen molar-refractivity contribution in [3.63, 3.8) is 0 Å². The molecule has 17 heteroatoms. The van der Waals surface area contributed by atoms with Crippen LogP contribution in [0, 0.1) is 143 Å². The van der Waals surface area contributed by atoms with Gasteiger partial charge in [0.25, 0.3) is 0 Å². The number of aliphatic carboxylic acids is 1. The van der Waals surface area contributed by atoms with Gasteiger partial charge < -0.3 is 53.3 Å². The van der Waals surface area contributed by atoms with Crippen LogP contribution in [0.3, 0.4) is 0 Å². The van der Waals surface area contributed by atoms with Crippen LogP contribution in [-0.4, -0.2) is 84.7 Å². The molecule has 7 aromatic carbocycles. The summed E-state index contributed by atoms with van der Waals surface area (Å²) < 4.78 is 14.4. The van der Waals surface area contributed by atoms with Crippen LogP contribution in [0.5, 0.6) is 0 Å². The molecule has 471 valence electrons. The number of carboxylic acids is 1. The summed E-state index contributed by atoms with van der Waals surface area (Å²) in [5.41, 5.74) is 20.0. The van der Waals surface area contributed by atoms with Gasteiger partial charge in [-0.1, -0.05) is 36.4 Å². The second-order valence-corrected chi connectivity index (χ2v) is 20.4. The first-order valence-electron chi connectivity index (χ1n) is 28.5. The molecular formula is C75H81BrMgN3O9Y3-3. The van der Waals surface area contributed by atoms with Crippen LogP contribution >= 0.6 is 0 Å². The minimum Gasteiger partial charge on any atom is -1.00 e. The van der Waals surface area contributed by atoms with E-state index in [9.17, 15) is 34.3 Å². The first-order valence-corrected chi connectivity index (χ1v) is 28.5. The molecule has 0 bridgehead atoms. The van der Waals surface area contributed by atoms with Gasteiger partial charge in [-0.2, -0.15) is 71.2 Å². The number of aryl methyl sites for hydroxylation is 8. The molecule has 0 saturated carbocycles. The SMILES string of the molecule is CCOC(=O)/C(C#N)=C\c1cc(C)c(C)c(C)c1.CCOC(=O)C(C#N)C(c1cc[c-]cc1)c1cc(C)c(C)c(C)c1.Cc1cc(C(CC(=O)O)c2cc[c-]cc2)cc(C)c1C.Cc1cc(C=O)cc(C)c1C.[Br-].[C-]#[N+]CC(=O)OCC.[Mg+2].[Y].[Y].[Y].[c-]1cc[c-]cc1. The van der Waals surface area contributed by atoms with Crippen LogP contribution in [0.4, 0.5) is 0 Å². The topological polar surface area (TPSA) is 185 Å². The van der Waals surface area contributed by atoms with E-state index in [2.05, 4.69) is 106 Å². The third kappa shape index (κ3) is 32.8. The van der Waals surface area contributed by atoms with Gasteiger partial charge in [0.2, 0.25) is 0 Å². The molecule has 92 heavy (non-hydrogen) atoms. The van der Waals surface area contributed by atoms with Crippen LogP contribution in [0.1, 0.15) is 144 Å². The number of halogens is 1. The number of carbonyl (C=O) groups excluding carboxylic acids is 4. The number of benzene rings is 7. The molecule has 0 spiro atoms. The monoisotopic (exact) mass is 1540 g/mol. The molecule has 0 aliphatic heterocycles. The number of carbonyl (C=O) groups is 5. The molecule has 0 fully saturated rings. The summed E-state index contributed by atoms with van der Waals surface area (Å²) in [4.78, 5) is 58.5. The molecule has 0 aromatic heterocycles. The fraction of sp³-hybridized carbons (Fsp3) is 0.307. The van der Waals surface area contributed by atoms with E-state index in [-0.39, 0.29) is 182 Å². The number of rotatable bonds is 15. The van der Waals surface area contributed by atoms with Crippen molar-refractivity contribution in [1.82, 2.24) is 0 Å². The van der Waals surface area contributed by atoms with Crippen molar-refractivity contribution in [2.75, 3.05) is 26.4 Å². The number of hydrogen-bond donors (Lipinski definition) is 1. The number of esters is 3. The Morgan fingerprint density at radius 2 is 0.902 bits per heavy atom. The number of ether oxygens (including phenoxy) is 3. The molecule has 7 aromatic rings. The fourth-order valence-electron chi connectivity index (χ4n) is 8.81. The Balaban J connectivity index is -0.000000524. The van der Waals surface area contributed by atoms with E-state index in [0.717, 1.165) is 61.9 Å². The molecule has 3 radical (unpaired) electrons. The molecule has 7 rings (SSSR count). The van der Waals surface area contributed by atoms with Crippen LogP contribution in [0.2, 0.25) is 0 Å². The summed E-state index contributed by atoms with van der Waals surface area (Å²) in [6.07, 6.45) is 2.56. The maximum absolute atomic E-state index is 12.3. The van der Waals surface area contributed by atoms with Gasteiger partial charge in [-0.15, -0.1) is 11.1 Å². The number of carboxylic acid groups (broad SMARTS) is 1. The Bertz CT molecular complexity index is 3450. The van der Waals surface area contributed by atoms with Gasteiger partial charge in [-0.25, -0.2) is 16.2 Å². The molecule has 0 amide bonds. The van der Waals surface area contributed by atoms with E-state index >= 15 is 0 Å². The van der Waals surface area contributed by atoms with Gasteiger partial charge in [0.1, 0.15) is 17.9 Å². The first kappa shape index (κ1) is 93.3. The van der Waals surface area contributed by atoms with Crippen molar-refractivity contribution in [3.05, 3.63) is 263 Å². The van der Waals surface area contributed by atoms with Crippen molar-refractivity contribution < 1.29 is 158 Å². The zero-order valence-electron chi connectivity index (χ0n) is 55.8. The summed E-state index contributed by atoms with van der Waals surface area (Å²) in [7, 11) is 0. The Kier molecular flexibility index (Phi) is 51.9. The zero-order valence-corrected chi connectivity index (χ0v) is 67.4. The van der Waals surface area contributed by atoms with Crippen molar-refractivity contribution >= 4 is 59.3 Å². The van der Waals surface area contributed by atoms with E-state index in [1.54, 1.807) is 39.0 Å². The quantitative estimate of drug-likeness (QED) is 0.0196. The largest absolute Gasteiger partial charge is 2.00 e. The van der Waals surface area contributed by atoms with Gasteiger partial charge in [0, 0.05) is 110 Å². The molecule has 12 nitrogen and oxygen atoms in total. The molecular weight excluding hydrogens is 1460 g/mol. The third-order valence-corrected chi connectivity index (χ3v) is 14.3. The van der Waals surface area contributed by atoms with E-state index in [1.165, 1.54) is 44.5 Å². The summed E-state index contributed by atoms with van der Waals surface area (Å²) in [5, 5.41) is 27.8. The predicted molar refractivity (Wildman–Crippen MR) is 348 cm³/mol. The second-order valence-electron chi connectivity index (χ2n) is 20.4. The Labute approximate surface area is 649 Å². The van der Waals surface area contributed by atoms with Crippen molar-refractivity contribution in [1.29, 1.82) is 10.5 Å². The summed E-state index contributed by atoms with van der Waals surface area (Å²) in [6.45, 7) is 36.7. The van der Waals surface area contributed by atoms with Crippen LogP contribution in [0.25, 0.3) is 10.9 Å². The van der Waals surface area contributed by atoms with Crippen molar-refractivity contribution in [3.8, 4) is 12.1 Å². The van der Waals surface area contributed by atoms with E-state index in [0.29, 0.717) is 6.61 Å². The van der Waals surface area contributed by atoms with Gasteiger partial charge in [-0.3, -0.25) is 38.6 Å². The molecule has 0 aliphatic carbocycles. The van der Waals surface area contributed by atoms with Crippen LogP contribution in [0.15, 0.2) is 127 Å². The molecule has 0 aliphatic rings. The van der Waals surface area contributed by atoms with Crippen LogP contribution < -0.4 is 17.0 Å². The Morgan fingerprint density at radius 3 is 1.24 bits per heavy atom. The van der Waals surface area contributed by atoms with Crippen molar-refractivity contribution in [2.45, 2.75) is 122 Å². The second kappa shape index (κ2) is 51.2. The Morgan fingerprint density at radius 1 is 0.543 bits per heavy atom. The summed E-state index contributed by atoms with van der Waals surface area (Å²) in [5.74, 6) is -3.62. The maximum Gasteiger partial charge on any atom is 2.00 e. The van der Waals surface area contributed by atoms with Gasteiger partial charge in [0.15, 0.2) is 5.92 Å². The number of nitrogens with zero attached hydrogens (tertiary/aromatic N) is 3. The molecule has 0 heterocycles. The third-order valence-electron chi connectivity index (χ3n) is 14.3. The number of aldehydes is 1. The molecule has 0 saturated heterocycles. The fourth-order valence-corrected chi connectivity index (χ4v) is 8.81. The van der Waals surface area contributed by atoms with E-state index < -0.39 is 29.8 Å². The molecule has 1 N–H and O–H groups in total. The van der Waals surface area contributed by atoms with Crippen LogP contribution in [-0.2, 0) is 132 Å². The maximum atomic E-state index is 12.3. The number of hydrogen-bond acceptors (Lipinski definition) is 10. The number of nitriles is 2. The molecule has 3 atom stereocenters. The summed E-state index contributed by atoms with van der Waals surface area (Å²) >= 11 is 0. The van der Waals surface area contributed by atoms with Crippen molar-refractivity contribution in [2.24, 2.45) is 5.92 Å². The molecule has 3 unspecified atom stereocenters. The van der Waals surface area contributed by atoms with Gasteiger partial charge in [0.05, 0.1) is 32.3 Å². The Hall–Kier alpha value is -5.14. The average Bonchev–Trinajstić information content (AvgIpc) is 0.823. The minimum absolute atomic E-state index is 0. The smallest absolute Gasteiger partial charge is 1.00 e. The van der Waals surface area contributed by atoms with E-state index in [1.807, 2.05) is 133 Å². The normalized spacial score (nSPS) is 10.5. The standard InChI is InChI=1S/C21H22NO2.C18H19O2.C15H17NO2.C10H12O.C6H4.C5H7NO2.BrH.Mg.3Y/c1-5-24-21(23)19(13-22)20(17-9-7-6-8-10-17)18-11-14(2)16(4)15(3)12-18;1-12-9-16(10-13(2)14(12)3)17(11-18(19)20)15-7-5-4-6-8-15;1-5-18-15(17)14(9-16)8-13-6-10(2)12(4)11(3)7-13;1-7-4-10(6-11)5-8(2)9(7)3;1-2-4-6-5-3-1;1-3-8-5(7)4-6-2;;;;;/h7-12,19-20H,5H2,1-4H3;5-10,17H,11H2,1-3H3,(H,19,20);6-8H,5H2,1-4H3;4-6H,1-3H3;1-2,5-6H;3-4H2,1H3;1H;;;;/q2*-1;;;-2;;;+2;;;/p-1/b;;14-8-;;;;;;;;. The average molecular weight is 1540 g/mol. The predicted octanol–water partition coefficient (Wildman–Crippen LogP) is 12.1. The first-order chi connectivity index (χ1) is 41.4. The van der Waals surface area contributed by atoms with Gasteiger partial charge in [-0.05, 0) is 211 Å². The minimum atomic E-state index is -0.881.